The number of aromatic nitrogens is 1. The molecule has 1 aromatic heterocycles. The predicted molar refractivity (Wildman–Crippen MR) is 141 cm³/mol. The van der Waals surface area contributed by atoms with E-state index < -0.39 is 28.9 Å². The van der Waals surface area contributed by atoms with E-state index in [2.05, 4.69) is 4.98 Å². The number of nitrogens with zero attached hydrogens (tertiary/aromatic N) is 2. The Morgan fingerprint density at radius 3 is 2.15 bits per heavy atom. The number of hydrogen-bond acceptors (Lipinski definition) is 5. The van der Waals surface area contributed by atoms with Crippen LogP contribution in [0, 0.1) is 0 Å². The van der Waals surface area contributed by atoms with Crippen LogP contribution in [-0.2, 0) is 20.5 Å². The molecular formula is C30H36F3N3O4. The lowest BCUT2D eigenvalue weighted by Gasteiger charge is -2.43. The number of carbonyl (C=O) groups is 2. The minimum Gasteiger partial charge on any atom is -0.449 e. The molecule has 1 aliphatic heterocycles. The number of ether oxygens (including phenoxy) is 2. The Balaban J connectivity index is 1.34. The Labute approximate surface area is 232 Å². The van der Waals surface area contributed by atoms with Gasteiger partial charge in [0.1, 0.15) is 6.61 Å². The Morgan fingerprint density at radius 1 is 1.00 bits per heavy atom. The molecule has 0 bridgehead atoms. The van der Waals surface area contributed by atoms with Crippen LogP contribution in [0.3, 0.4) is 0 Å². The molecule has 1 saturated heterocycles. The van der Waals surface area contributed by atoms with Crippen molar-refractivity contribution in [2.45, 2.75) is 100 Å². The van der Waals surface area contributed by atoms with E-state index >= 15 is 0 Å². The second-order valence-electron chi connectivity index (χ2n) is 12.0. The van der Waals surface area contributed by atoms with Crippen molar-refractivity contribution in [2.24, 2.45) is 5.73 Å². The summed E-state index contributed by atoms with van der Waals surface area (Å²) in [5, 5.41) is 0. The predicted octanol–water partition coefficient (Wildman–Crippen LogP) is 6.01. The first-order valence-electron chi connectivity index (χ1n) is 13.9. The van der Waals surface area contributed by atoms with Gasteiger partial charge in [-0.3, -0.25) is 9.78 Å². The zero-order chi connectivity index (χ0) is 28.8. The molecule has 2 amide bonds. The highest BCUT2D eigenvalue weighted by Crippen LogP contribution is 2.53. The average Bonchev–Trinajstić information content (AvgIpc) is 3.70. The highest BCUT2D eigenvalue weighted by Gasteiger charge is 2.62. The summed E-state index contributed by atoms with van der Waals surface area (Å²) in [7, 11) is 0. The molecule has 1 aromatic carbocycles. The van der Waals surface area contributed by atoms with Crippen molar-refractivity contribution in [3.8, 4) is 0 Å². The van der Waals surface area contributed by atoms with Gasteiger partial charge in [-0.15, -0.1) is 0 Å². The first kappa shape index (κ1) is 28.4. The summed E-state index contributed by atoms with van der Waals surface area (Å²) in [6.07, 6.45) is 0.876. The Bertz CT molecular complexity index is 1220. The topological polar surface area (TPSA) is 94.8 Å². The highest BCUT2D eigenvalue weighted by molar-refractivity contribution is 5.95. The van der Waals surface area contributed by atoms with Crippen LogP contribution in [0.5, 0.6) is 0 Å². The lowest BCUT2D eigenvalue weighted by Crippen LogP contribution is -2.48. The number of amides is 2. The molecule has 40 heavy (non-hydrogen) atoms. The second kappa shape index (κ2) is 10.4. The second-order valence-corrected chi connectivity index (χ2v) is 12.0. The van der Waals surface area contributed by atoms with Gasteiger partial charge in [-0.25, -0.2) is 4.79 Å². The van der Waals surface area contributed by atoms with Crippen LogP contribution < -0.4 is 5.73 Å². The van der Waals surface area contributed by atoms with Crippen LogP contribution >= 0.6 is 0 Å². The van der Waals surface area contributed by atoms with E-state index in [0.717, 1.165) is 18.5 Å². The lowest BCUT2D eigenvalue weighted by atomic mass is 9.70. The van der Waals surface area contributed by atoms with Gasteiger partial charge in [-0.05, 0) is 95.0 Å². The van der Waals surface area contributed by atoms with Gasteiger partial charge >= 0.3 is 12.3 Å². The third-order valence-corrected chi connectivity index (χ3v) is 8.77. The fourth-order valence-corrected chi connectivity index (χ4v) is 6.42. The van der Waals surface area contributed by atoms with Crippen LogP contribution in [0.1, 0.15) is 86.8 Å². The number of pyridine rings is 1. The largest absolute Gasteiger partial charge is 0.449 e. The molecular weight excluding hydrogens is 523 g/mol. The fourth-order valence-electron chi connectivity index (χ4n) is 6.42. The third kappa shape index (κ3) is 5.42. The fraction of sp³-hybridized carbons (Fsp3) is 0.567. The van der Waals surface area contributed by atoms with Gasteiger partial charge in [-0.1, -0.05) is 18.2 Å². The number of halogens is 3. The molecule has 0 radical (unpaired) electrons. The average molecular weight is 560 g/mol. The van der Waals surface area contributed by atoms with Gasteiger partial charge in [0, 0.05) is 35.0 Å². The van der Waals surface area contributed by atoms with E-state index in [0.29, 0.717) is 31.2 Å². The van der Waals surface area contributed by atoms with E-state index in [9.17, 15) is 22.8 Å². The number of benzene rings is 1. The quantitative estimate of drug-likeness (QED) is 0.449. The molecule has 10 heteroatoms. The molecule has 7 nitrogen and oxygen atoms in total. The number of rotatable bonds is 7. The molecule has 2 aromatic rings. The van der Waals surface area contributed by atoms with Gasteiger partial charge in [0.15, 0.2) is 5.60 Å². The zero-order valence-corrected chi connectivity index (χ0v) is 22.9. The molecule has 0 spiro atoms. The zero-order valence-electron chi connectivity index (χ0n) is 22.9. The van der Waals surface area contributed by atoms with Crippen molar-refractivity contribution in [2.75, 3.05) is 6.61 Å². The maximum atomic E-state index is 14.2. The van der Waals surface area contributed by atoms with Crippen molar-refractivity contribution in [1.82, 2.24) is 9.88 Å². The van der Waals surface area contributed by atoms with E-state index in [1.807, 2.05) is 23.1 Å². The number of alkyl halides is 3. The third-order valence-electron chi connectivity index (χ3n) is 8.77. The summed E-state index contributed by atoms with van der Waals surface area (Å²) in [5.74, 6) is -0.175. The summed E-state index contributed by atoms with van der Waals surface area (Å²) in [5.41, 5.74) is 2.72. The first-order valence-corrected chi connectivity index (χ1v) is 13.9. The smallest absolute Gasteiger partial charge is 0.421 e. The van der Waals surface area contributed by atoms with E-state index in [4.69, 9.17) is 15.2 Å². The van der Waals surface area contributed by atoms with Crippen molar-refractivity contribution < 1.29 is 32.2 Å². The van der Waals surface area contributed by atoms with E-state index in [1.165, 1.54) is 24.3 Å². The van der Waals surface area contributed by atoms with Crippen LogP contribution in [0.15, 0.2) is 48.7 Å². The van der Waals surface area contributed by atoms with E-state index in [-0.39, 0.29) is 43.0 Å². The van der Waals surface area contributed by atoms with Crippen molar-refractivity contribution in [1.29, 1.82) is 0 Å². The molecule has 2 heterocycles. The SMILES string of the molecule is CC1(C)CCC(c2ccc(C(=O)N(C3CC3)[C@H]3CC[C@](COC(N)=O)(c4ccccn4)CC3)cc2)(C(F)(F)F)O1. The van der Waals surface area contributed by atoms with Crippen LogP contribution in [0.2, 0.25) is 0 Å². The van der Waals surface area contributed by atoms with Crippen LogP contribution in [-0.4, -0.2) is 52.4 Å². The van der Waals surface area contributed by atoms with Gasteiger partial charge in [0.25, 0.3) is 5.91 Å². The molecule has 2 aliphatic carbocycles. The molecule has 1 atom stereocenters. The van der Waals surface area contributed by atoms with Crippen molar-refractivity contribution in [3.05, 3.63) is 65.5 Å². The normalized spacial score (nSPS) is 28.2. The maximum absolute atomic E-state index is 14.2. The Morgan fingerprint density at radius 2 is 1.65 bits per heavy atom. The molecule has 3 aliphatic rings. The number of carbonyl (C=O) groups excluding carboxylic acids is 2. The van der Waals surface area contributed by atoms with Gasteiger partial charge in [0.2, 0.25) is 0 Å². The molecule has 5 rings (SSSR count). The number of nitrogens with two attached hydrogens (primary N) is 1. The minimum absolute atomic E-state index is 0.0207. The molecule has 3 fully saturated rings. The van der Waals surface area contributed by atoms with Crippen LogP contribution in [0.4, 0.5) is 18.0 Å². The van der Waals surface area contributed by atoms with Crippen LogP contribution in [0.25, 0.3) is 0 Å². The summed E-state index contributed by atoms with van der Waals surface area (Å²) in [6.45, 7) is 3.45. The highest BCUT2D eigenvalue weighted by atomic mass is 19.4. The van der Waals surface area contributed by atoms with E-state index in [1.54, 1.807) is 20.0 Å². The summed E-state index contributed by atoms with van der Waals surface area (Å²) >= 11 is 0. The molecule has 2 N–H and O–H groups in total. The van der Waals surface area contributed by atoms with Gasteiger partial charge < -0.3 is 20.1 Å². The van der Waals surface area contributed by atoms with Crippen molar-refractivity contribution >= 4 is 12.0 Å². The number of primary amides is 1. The molecule has 2 saturated carbocycles. The first-order chi connectivity index (χ1) is 18.9. The summed E-state index contributed by atoms with van der Waals surface area (Å²) < 4.78 is 53.5. The van der Waals surface area contributed by atoms with Gasteiger partial charge in [0.05, 0.1) is 5.60 Å². The molecule has 1 unspecified atom stereocenters. The summed E-state index contributed by atoms with van der Waals surface area (Å²) in [4.78, 5) is 31.6. The Kier molecular flexibility index (Phi) is 7.35. The number of hydrogen-bond donors (Lipinski definition) is 1. The maximum Gasteiger partial charge on any atom is 0.421 e. The standard InChI is InChI=1S/C30H36F3N3O4/c1-27(2)16-17-29(40-27,30(31,32)33)21-8-6-20(7-9-21)25(37)36(22-10-11-22)23-12-14-28(15-13-23,19-39-26(34)38)24-5-3-4-18-35-24/h3-9,18,22-23H,10-17,19H2,1-2H3,(H2,34,38)/t23-,28-,29?. The lowest BCUT2D eigenvalue weighted by molar-refractivity contribution is -0.288. The molecule has 216 valence electrons. The summed E-state index contributed by atoms with van der Waals surface area (Å²) in [6, 6.07) is 11.5. The minimum atomic E-state index is -4.58. The Hall–Kier alpha value is -3.14. The van der Waals surface area contributed by atoms with Gasteiger partial charge in [-0.2, -0.15) is 13.2 Å². The monoisotopic (exact) mass is 559 g/mol. The van der Waals surface area contributed by atoms with Crippen molar-refractivity contribution in [3.63, 3.8) is 0 Å².